The van der Waals surface area contributed by atoms with Gasteiger partial charge in [-0.25, -0.2) is 4.98 Å². The summed E-state index contributed by atoms with van der Waals surface area (Å²) in [6.07, 6.45) is 5.68. The molecular weight excluding hydrogens is 354 g/mol. The number of hydrogen-bond donors (Lipinski definition) is 1. The van der Waals surface area contributed by atoms with Crippen molar-refractivity contribution < 1.29 is 4.42 Å². The molecular formula is C18H24BrN3O. The maximum absolute atomic E-state index is 5.93. The molecule has 1 saturated heterocycles. The van der Waals surface area contributed by atoms with Gasteiger partial charge in [-0.2, -0.15) is 0 Å². The highest BCUT2D eigenvalue weighted by molar-refractivity contribution is 9.10. The van der Waals surface area contributed by atoms with Gasteiger partial charge in [-0.15, -0.1) is 0 Å². The molecule has 0 atom stereocenters. The van der Waals surface area contributed by atoms with Crippen LogP contribution in [0.15, 0.2) is 39.4 Å². The highest BCUT2D eigenvalue weighted by Crippen LogP contribution is 2.25. The van der Waals surface area contributed by atoms with Crippen molar-refractivity contribution in [3.05, 3.63) is 40.8 Å². The van der Waals surface area contributed by atoms with Gasteiger partial charge in [0.05, 0.1) is 12.7 Å². The number of halogens is 1. The Morgan fingerprint density at radius 2 is 2.00 bits per heavy atom. The summed E-state index contributed by atoms with van der Waals surface area (Å²) >= 11 is 3.45. The van der Waals surface area contributed by atoms with E-state index >= 15 is 0 Å². The van der Waals surface area contributed by atoms with Crippen molar-refractivity contribution in [2.45, 2.75) is 25.8 Å². The van der Waals surface area contributed by atoms with E-state index in [9.17, 15) is 0 Å². The van der Waals surface area contributed by atoms with Crippen LogP contribution in [-0.2, 0) is 6.54 Å². The third kappa shape index (κ3) is 4.66. The molecule has 0 amide bonds. The summed E-state index contributed by atoms with van der Waals surface area (Å²) in [5, 5.41) is 3.25. The number of nitrogens with one attached hydrogen (secondary N) is 1. The van der Waals surface area contributed by atoms with Crippen molar-refractivity contribution in [2.75, 3.05) is 26.7 Å². The van der Waals surface area contributed by atoms with E-state index in [2.05, 4.69) is 31.1 Å². The lowest BCUT2D eigenvalue weighted by atomic mass is 9.93. The number of likely N-dealkylation sites (tertiary alicyclic amines) is 1. The first kappa shape index (κ1) is 16.7. The monoisotopic (exact) mass is 377 g/mol. The van der Waals surface area contributed by atoms with Crippen molar-refractivity contribution in [1.29, 1.82) is 0 Å². The second-order valence-electron chi connectivity index (χ2n) is 6.24. The minimum absolute atomic E-state index is 0.815. The van der Waals surface area contributed by atoms with Gasteiger partial charge in [-0.05, 0) is 64.0 Å². The van der Waals surface area contributed by atoms with Crippen LogP contribution in [0.5, 0.6) is 0 Å². The SMILES string of the molecule is CNCCC1CCN(Cc2ncc(-c3ccc(Br)cc3)o2)CC1. The van der Waals surface area contributed by atoms with E-state index in [1.54, 1.807) is 0 Å². The first-order valence-electron chi connectivity index (χ1n) is 8.32. The van der Waals surface area contributed by atoms with Crippen molar-refractivity contribution in [3.63, 3.8) is 0 Å². The van der Waals surface area contributed by atoms with Gasteiger partial charge in [0.15, 0.2) is 5.76 Å². The van der Waals surface area contributed by atoms with E-state index < -0.39 is 0 Å². The molecule has 0 saturated carbocycles. The highest BCUT2D eigenvalue weighted by atomic mass is 79.9. The van der Waals surface area contributed by atoms with E-state index in [0.29, 0.717) is 0 Å². The summed E-state index contributed by atoms with van der Waals surface area (Å²) in [5.41, 5.74) is 1.07. The molecule has 1 aromatic heterocycles. The fourth-order valence-corrected chi connectivity index (χ4v) is 3.37. The predicted molar refractivity (Wildman–Crippen MR) is 96.2 cm³/mol. The molecule has 1 aliphatic heterocycles. The lowest BCUT2D eigenvalue weighted by Gasteiger charge is -2.31. The molecule has 0 bridgehead atoms. The van der Waals surface area contributed by atoms with Crippen LogP contribution in [0.1, 0.15) is 25.2 Å². The summed E-state index contributed by atoms with van der Waals surface area (Å²) in [6, 6.07) is 8.13. The number of aromatic nitrogens is 1. The van der Waals surface area contributed by atoms with E-state index in [0.717, 1.165) is 53.8 Å². The van der Waals surface area contributed by atoms with Gasteiger partial charge >= 0.3 is 0 Å². The topological polar surface area (TPSA) is 41.3 Å². The number of nitrogens with zero attached hydrogens (tertiary/aromatic N) is 2. The van der Waals surface area contributed by atoms with Gasteiger partial charge in [-0.3, -0.25) is 4.90 Å². The normalized spacial score (nSPS) is 16.8. The van der Waals surface area contributed by atoms with Crippen LogP contribution in [0, 0.1) is 5.92 Å². The minimum atomic E-state index is 0.815. The summed E-state index contributed by atoms with van der Waals surface area (Å²) in [6.45, 7) is 4.23. The van der Waals surface area contributed by atoms with E-state index in [-0.39, 0.29) is 0 Å². The van der Waals surface area contributed by atoms with E-state index in [1.165, 1.54) is 19.3 Å². The molecule has 0 spiro atoms. The van der Waals surface area contributed by atoms with Gasteiger partial charge in [0.2, 0.25) is 5.89 Å². The van der Waals surface area contributed by atoms with Crippen molar-refractivity contribution in [1.82, 2.24) is 15.2 Å². The highest BCUT2D eigenvalue weighted by Gasteiger charge is 2.20. The Morgan fingerprint density at radius 1 is 1.26 bits per heavy atom. The van der Waals surface area contributed by atoms with Gasteiger partial charge in [0.1, 0.15) is 0 Å². The molecule has 2 aromatic rings. The largest absolute Gasteiger partial charge is 0.439 e. The van der Waals surface area contributed by atoms with Crippen LogP contribution in [0.2, 0.25) is 0 Å². The lowest BCUT2D eigenvalue weighted by molar-refractivity contribution is 0.160. The zero-order valence-corrected chi connectivity index (χ0v) is 15.2. The molecule has 1 N–H and O–H groups in total. The number of rotatable bonds is 6. The molecule has 4 nitrogen and oxygen atoms in total. The molecule has 0 unspecified atom stereocenters. The summed E-state index contributed by atoms with van der Waals surface area (Å²) < 4.78 is 7.00. The Bertz CT molecular complexity index is 603. The second kappa shape index (κ2) is 8.08. The van der Waals surface area contributed by atoms with Crippen molar-refractivity contribution >= 4 is 15.9 Å². The first-order chi connectivity index (χ1) is 11.2. The maximum atomic E-state index is 5.93. The molecule has 0 radical (unpaired) electrons. The zero-order valence-electron chi connectivity index (χ0n) is 13.6. The zero-order chi connectivity index (χ0) is 16.1. The molecule has 0 aliphatic carbocycles. The molecule has 3 rings (SSSR count). The van der Waals surface area contributed by atoms with Crippen LogP contribution in [0.3, 0.4) is 0 Å². The first-order valence-corrected chi connectivity index (χ1v) is 9.11. The maximum Gasteiger partial charge on any atom is 0.209 e. The Kier molecular flexibility index (Phi) is 5.86. The average Bonchev–Trinajstić information content (AvgIpc) is 3.03. The second-order valence-corrected chi connectivity index (χ2v) is 7.15. The number of benzene rings is 1. The average molecular weight is 378 g/mol. The van der Waals surface area contributed by atoms with Gasteiger partial charge in [0.25, 0.3) is 0 Å². The Morgan fingerprint density at radius 3 is 2.70 bits per heavy atom. The molecule has 1 aliphatic rings. The fourth-order valence-electron chi connectivity index (χ4n) is 3.10. The molecule has 124 valence electrons. The predicted octanol–water partition coefficient (Wildman–Crippen LogP) is 3.93. The van der Waals surface area contributed by atoms with Crippen LogP contribution >= 0.6 is 15.9 Å². The molecule has 5 heteroatoms. The lowest BCUT2D eigenvalue weighted by Crippen LogP contribution is -2.34. The number of piperidine rings is 1. The number of hydrogen-bond acceptors (Lipinski definition) is 4. The Balaban J connectivity index is 1.53. The summed E-state index contributed by atoms with van der Waals surface area (Å²) in [4.78, 5) is 6.90. The van der Waals surface area contributed by atoms with Crippen LogP contribution in [0.4, 0.5) is 0 Å². The minimum Gasteiger partial charge on any atom is -0.439 e. The standard InChI is InChI=1S/C18H24BrN3O/c1-20-9-6-14-7-10-22(11-8-14)13-18-21-12-17(23-18)15-2-4-16(19)5-3-15/h2-5,12,14,20H,6-11,13H2,1H3. The van der Waals surface area contributed by atoms with Crippen molar-refractivity contribution in [2.24, 2.45) is 5.92 Å². The van der Waals surface area contributed by atoms with Crippen LogP contribution < -0.4 is 5.32 Å². The summed E-state index contributed by atoms with van der Waals surface area (Å²) in [5.74, 6) is 2.52. The number of oxazole rings is 1. The van der Waals surface area contributed by atoms with Crippen LogP contribution in [0.25, 0.3) is 11.3 Å². The van der Waals surface area contributed by atoms with E-state index in [4.69, 9.17) is 4.42 Å². The summed E-state index contributed by atoms with van der Waals surface area (Å²) in [7, 11) is 2.03. The van der Waals surface area contributed by atoms with Crippen molar-refractivity contribution in [3.8, 4) is 11.3 Å². The molecule has 1 aromatic carbocycles. The molecule has 23 heavy (non-hydrogen) atoms. The van der Waals surface area contributed by atoms with Gasteiger partial charge < -0.3 is 9.73 Å². The fraction of sp³-hybridized carbons (Fsp3) is 0.500. The smallest absolute Gasteiger partial charge is 0.209 e. The van der Waals surface area contributed by atoms with Crippen LogP contribution in [-0.4, -0.2) is 36.6 Å². The third-order valence-electron chi connectivity index (χ3n) is 4.55. The molecule has 2 heterocycles. The Labute approximate surface area is 146 Å². The Hall–Kier alpha value is -1.17. The quantitative estimate of drug-likeness (QED) is 0.827. The van der Waals surface area contributed by atoms with Gasteiger partial charge in [0, 0.05) is 10.0 Å². The molecule has 1 fully saturated rings. The van der Waals surface area contributed by atoms with Gasteiger partial charge in [-0.1, -0.05) is 28.1 Å². The van der Waals surface area contributed by atoms with E-state index in [1.807, 2.05) is 37.5 Å². The third-order valence-corrected chi connectivity index (χ3v) is 5.08.